The van der Waals surface area contributed by atoms with Crippen LogP contribution in [0.3, 0.4) is 0 Å². The number of fused-ring (bicyclic) bond motifs is 1. The van der Waals surface area contributed by atoms with Crippen molar-refractivity contribution in [3.63, 3.8) is 0 Å². The van der Waals surface area contributed by atoms with Crippen molar-refractivity contribution in [3.8, 4) is 0 Å². The number of hydrogen-bond acceptors (Lipinski definition) is 3. The predicted octanol–water partition coefficient (Wildman–Crippen LogP) is 5.27. The molecule has 1 aromatic carbocycles. The maximum Gasteiger partial charge on any atom is 0.410 e. The van der Waals surface area contributed by atoms with Gasteiger partial charge in [-0.05, 0) is 78.5 Å². The van der Waals surface area contributed by atoms with Crippen LogP contribution in [0.4, 0.5) is 4.79 Å². The van der Waals surface area contributed by atoms with Crippen LogP contribution >= 0.6 is 15.9 Å². The molecule has 1 atom stereocenters. The molecule has 1 aromatic rings. The second kappa shape index (κ2) is 7.80. The summed E-state index contributed by atoms with van der Waals surface area (Å²) < 4.78 is 23.8. The van der Waals surface area contributed by atoms with Gasteiger partial charge in [0.2, 0.25) is 0 Å². The van der Waals surface area contributed by atoms with Gasteiger partial charge in [-0.25, -0.2) is 9.00 Å². The minimum Gasteiger partial charge on any atom is -0.444 e. The molecule has 2 aliphatic rings. The van der Waals surface area contributed by atoms with Crippen LogP contribution in [0, 0.1) is 5.41 Å². The third-order valence-corrected chi connectivity index (χ3v) is 7.32. The van der Waals surface area contributed by atoms with Crippen LogP contribution < -0.4 is 0 Å². The summed E-state index contributed by atoms with van der Waals surface area (Å²) in [5, 5.41) is 0. The zero-order valence-electron chi connectivity index (χ0n) is 18.2. The van der Waals surface area contributed by atoms with Crippen molar-refractivity contribution in [2.24, 2.45) is 9.81 Å². The lowest BCUT2D eigenvalue weighted by molar-refractivity contribution is 0.0159. The topological polar surface area (TPSA) is 59.0 Å². The van der Waals surface area contributed by atoms with Gasteiger partial charge in [-0.1, -0.05) is 22.0 Å². The fourth-order valence-electron chi connectivity index (χ4n) is 3.88. The minimum absolute atomic E-state index is 0.178. The normalized spacial score (nSPS) is 21.3. The molecule has 7 heteroatoms. The van der Waals surface area contributed by atoms with Gasteiger partial charge < -0.3 is 9.64 Å². The Morgan fingerprint density at radius 1 is 1.17 bits per heavy atom. The second-order valence-electron chi connectivity index (χ2n) is 10.0. The molecule has 1 amide bonds. The Kier molecular flexibility index (Phi) is 6.05. The fourth-order valence-corrected chi connectivity index (χ4v) is 4.97. The van der Waals surface area contributed by atoms with Crippen molar-refractivity contribution < 1.29 is 13.7 Å². The highest BCUT2D eigenvalue weighted by molar-refractivity contribution is 9.10. The van der Waals surface area contributed by atoms with Gasteiger partial charge in [-0.15, -0.1) is 0 Å². The molecule has 1 heterocycles. The van der Waals surface area contributed by atoms with Gasteiger partial charge in [0.05, 0.1) is 10.5 Å². The first-order valence-electron chi connectivity index (χ1n) is 10.1. The first-order valence-corrected chi connectivity index (χ1v) is 12.0. The average molecular weight is 483 g/mol. The number of carbonyl (C=O) groups is 1. The summed E-state index contributed by atoms with van der Waals surface area (Å²) in [4.78, 5) is 14.3. The maximum absolute atomic E-state index is 12.9. The summed E-state index contributed by atoms with van der Waals surface area (Å²) in [6.07, 6.45) is 2.19. The monoisotopic (exact) mass is 482 g/mol. The summed E-state index contributed by atoms with van der Waals surface area (Å²) in [5.41, 5.74) is 2.58. The van der Waals surface area contributed by atoms with Crippen LogP contribution in [0.25, 0.3) is 0 Å². The van der Waals surface area contributed by atoms with E-state index in [1.807, 2.05) is 47.6 Å². The summed E-state index contributed by atoms with van der Waals surface area (Å²) in [6.45, 7) is 12.7. The van der Waals surface area contributed by atoms with Gasteiger partial charge >= 0.3 is 6.09 Å². The molecular weight excluding hydrogens is 452 g/mol. The lowest BCUT2D eigenvalue weighted by Gasteiger charge is -2.40. The van der Waals surface area contributed by atoms with E-state index in [1.165, 1.54) is 5.56 Å². The molecule has 1 spiro atoms. The molecule has 3 rings (SSSR count). The van der Waals surface area contributed by atoms with Gasteiger partial charge in [0.15, 0.2) is 0 Å². The molecule has 5 nitrogen and oxygen atoms in total. The highest BCUT2D eigenvalue weighted by atomic mass is 79.9. The Balaban J connectivity index is 1.90. The summed E-state index contributed by atoms with van der Waals surface area (Å²) in [7, 11) is -1.33. The van der Waals surface area contributed by atoms with E-state index in [0.29, 0.717) is 13.1 Å². The average Bonchev–Trinajstić information content (AvgIpc) is 2.86. The zero-order valence-corrected chi connectivity index (χ0v) is 20.6. The minimum atomic E-state index is -1.33. The van der Waals surface area contributed by atoms with E-state index in [1.54, 1.807) is 4.90 Å². The summed E-state index contributed by atoms with van der Waals surface area (Å²) in [6, 6.07) is 6.26. The van der Waals surface area contributed by atoms with Crippen molar-refractivity contribution in [2.45, 2.75) is 71.2 Å². The van der Waals surface area contributed by atoms with Gasteiger partial charge in [0.1, 0.15) is 16.6 Å². The van der Waals surface area contributed by atoms with E-state index in [2.05, 4.69) is 28.1 Å². The van der Waals surface area contributed by atoms with Crippen LogP contribution in [-0.2, 0) is 22.1 Å². The molecule has 1 aliphatic carbocycles. The SMILES string of the molecule is CC(C)(C)OC(=O)N1CCC2(CC1)Cc1ccc(Br)cc1/C2=N\[S@](=O)C(C)(C)C. The quantitative estimate of drug-likeness (QED) is 0.547. The van der Waals surface area contributed by atoms with Crippen LogP contribution in [0.15, 0.2) is 27.1 Å². The lowest BCUT2D eigenvalue weighted by atomic mass is 9.74. The predicted molar refractivity (Wildman–Crippen MR) is 122 cm³/mol. The molecule has 1 fully saturated rings. The van der Waals surface area contributed by atoms with E-state index in [-0.39, 0.29) is 11.5 Å². The number of carbonyl (C=O) groups excluding carboxylic acids is 1. The van der Waals surface area contributed by atoms with Crippen molar-refractivity contribution in [3.05, 3.63) is 33.8 Å². The van der Waals surface area contributed by atoms with E-state index >= 15 is 0 Å². The molecule has 1 aliphatic heterocycles. The standard InChI is InChI=1S/C22H31BrN2O3S/c1-20(2,3)28-19(26)25-11-9-22(10-12-25)14-15-7-8-16(23)13-17(15)18(22)24-29(27)21(4,5)6/h7-8,13H,9-12,14H2,1-6H3/b24-18+/t29-/m1/s1. The molecule has 0 unspecified atom stereocenters. The Hall–Kier alpha value is -1.21. The zero-order chi connectivity index (χ0) is 21.6. The van der Waals surface area contributed by atoms with Crippen molar-refractivity contribution in [2.75, 3.05) is 13.1 Å². The molecule has 1 saturated heterocycles. The fraction of sp³-hybridized carbons (Fsp3) is 0.636. The Labute approximate surface area is 185 Å². The third-order valence-electron chi connectivity index (χ3n) is 5.43. The Bertz CT molecular complexity index is 860. The lowest BCUT2D eigenvalue weighted by Crippen LogP contribution is -2.47. The van der Waals surface area contributed by atoms with E-state index in [0.717, 1.165) is 35.0 Å². The summed E-state index contributed by atoms with van der Waals surface area (Å²) >= 11 is 3.57. The largest absolute Gasteiger partial charge is 0.444 e. The molecule has 0 bridgehead atoms. The van der Waals surface area contributed by atoms with Crippen LogP contribution in [0.1, 0.15) is 65.5 Å². The number of likely N-dealkylation sites (tertiary alicyclic amines) is 1. The highest BCUT2D eigenvalue weighted by Crippen LogP contribution is 2.46. The van der Waals surface area contributed by atoms with Crippen LogP contribution in [-0.4, -0.2) is 44.4 Å². The number of ether oxygens (including phenoxy) is 1. The number of hydrogen-bond donors (Lipinski definition) is 0. The van der Waals surface area contributed by atoms with Crippen LogP contribution in [0.5, 0.6) is 0 Å². The number of amides is 1. The number of rotatable bonds is 1. The Morgan fingerprint density at radius 2 is 1.79 bits per heavy atom. The first-order chi connectivity index (χ1) is 13.3. The van der Waals surface area contributed by atoms with Crippen LogP contribution in [0.2, 0.25) is 0 Å². The number of nitrogens with zero attached hydrogens (tertiary/aromatic N) is 2. The molecule has 160 valence electrons. The van der Waals surface area contributed by atoms with Crippen molar-refractivity contribution in [1.29, 1.82) is 0 Å². The van der Waals surface area contributed by atoms with E-state index in [4.69, 9.17) is 9.13 Å². The number of benzene rings is 1. The van der Waals surface area contributed by atoms with E-state index < -0.39 is 21.3 Å². The molecule has 0 aromatic heterocycles. The third kappa shape index (κ3) is 4.93. The molecule has 0 N–H and O–H groups in total. The summed E-state index contributed by atoms with van der Waals surface area (Å²) in [5.74, 6) is 0. The Morgan fingerprint density at radius 3 is 2.34 bits per heavy atom. The first kappa shape index (κ1) is 22.5. The van der Waals surface area contributed by atoms with E-state index in [9.17, 15) is 9.00 Å². The number of piperidine rings is 1. The van der Waals surface area contributed by atoms with Gasteiger partial charge in [0, 0.05) is 28.5 Å². The smallest absolute Gasteiger partial charge is 0.410 e. The van der Waals surface area contributed by atoms with Gasteiger partial charge in [-0.2, -0.15) is 4.40 Å². The van der Waals surface area contributed by atoms with Crippen molar-refractivity contribution in [1.82, 2.24) is 4.90 Å². The van der Waals surface area contributed by atoms with Gasteiger partial charge in [0.25, 0.3) is 0 Å². The van der Waals surface area contributed by atoms with Gasteiger partial charge in [-0.3, -0.25) is 0 Å². The number of halogens is 1. The van der Waals surface area contributed by atoms with Crippen molar-refractivity contribution >= 4 is 38.7 Å². The maximum atomic E-state index is 12.9. The molecule has 0 saturated carbocycles. The molecule has 0 radical (unpaired) electrons. The molecular formula is C22H31BrN2O3S. The molecule has 29 heavy (non-hydrogen) atoms. The highest BCUT2D eigenvalue weighted by Gasteiger charge is 2.47. The second-order valence-corrected chi connectivity index (χ2v) is 12.8.